The van der Waals surface area contributed by atoms with E-state index in [4.69, 9.17) is 16.0 Å². The largest absolute Gasteiger partial charge is 0.459 e. The van der Waals surface area contributed by atoms with Gasteiger partial charge >= 0.3 is 0 Å². The number of amides is 2. The SMILES string of the molecule is O=C(/C=C/c1nc2ccccc2s1)Nc1ccc(Cl)cc1NC(=O)c1ccco1. The first-order valence-corrected chi connectivity index (χ1v) is 9.77. The molecule has 2 heterocycles. The molecule has 29 heavy (non-hydrogen) atoms. The van der Waals surface area contributed by atoms with Crippen LogP contribution in [0.5, 0.6) is 0 Å². The van der Waals surface area contributed by atoms with Gasteiger partial charge in [-0.25, -0.2) is 4.98 Å². The molecule has 0 unspecified atom stereocenters. The zero-order chi connectivity index (χ0) is 20.2. The number of carbonyl (C=O) groups is 2. The smallest absolute Gasteiger partial charge is 0.291 e. The average molecular weight is 424 g/mol. The quantitative estimate of drug-likeness (QED) is 0.418. The lowest BCUT2D eigenvalue weighted by atomic mass is 10.2. The number of halogens is 1. The van der Waals surface area contributed by atoms with Crippen LogP contribution in [0.15, 0.2) is 71.4 Å². The van der Waals surface area contributed by atoms with Gasteiger partial charge in [0.15, 0.2) is 5.76 Å². The zero-order valence-corrected chi connectivity index (χ0v) is 16.5. The van der Waals surface area contributed by atoms with Crippen LogP contribution in [0.4, 0.5) is 11.4 Å². The van der Waals surface area contributed by atoms with Gasteiger partial charge in [0.1, 0.15) is 5.01 Å². The molecule has 8 heteroatoms. The molecule has 144 valence electrons. The second-order valence-electron chi connectivity index (χ2n) is 5.96. The van der Waals surface area contributed by atoms with Crippen molar-refractivity contribution in [2.75, 3.05) is 10.6 Å². The highest BCUT2D eigenvalue weighted by atomic mass is 35.5. The maximum atomic E-state index is 12.4. The summed E-state index contributed by atoms with van der Waals surface area (Å²) in [5, 5.41) is 6.57. The van der Waals surface area contributed by atoms with Gasteiger partial charge in [-0.2, -0.15) is 0 Å². The number of carbonyl (C=O) groups excluding carboxylic acids is 2. The molecule has 2 aromatic carbocycles. The number of hydrogen-bond donors (Lipinski definition) is 2. The van der Waals surface area contributed by atoms with E-state index < -0.39 is 5.91 Å². The van der Waals surface area contributed by atoms with Gasteiger partial charge in [-0.05, 0) is 48.5 Å². The van der Waals surface area contributed by atoms with Gasteiger partial charge in [0.25, 0.3) is 5.91 Å². The fourth-order valence-corrected chi connectivity index (χ4v) is 3.65. The molecule has 0 aliphatic rings. The molecule has 0 spiro atoms. The number of fused-ring (bicyclic) bond motifs is 1. The number of aromatic nitrogens is 1. The van der Waals surface area contributed by atoms with E-state index >= 15 is 0 Å². The minimum atomic E-state index is -0.446. The number of furan rings is 1. The Hall–Kier alpha value is -3.42. The van der Waals surface area contributed by atoms with Gasteiger partial charge < -0.3 is 15.1 Å². The van der Waals surface area contributed by atoms with Crippen LogP contribution in [-0.2, 0) is 4.79 Å². The molecule has 4 aromatic rings. The van der Waals surface area contributed by atoms with Crippen molar-refractivity contribution in [3.63, 3.8) is 0 Å². The summed E-state index contributed by atoms with van der Waals surface area (Å²) >= 11 is 7.53. The molecule has 0 saturated heterocycles. The summed E-state index contributed by atoms with van der Waals surface area (Å²) in [6, 6.07) is 15.7. The highest BCUT2D eigenvalue weighted by Crippen LogP contribution is 2.27. The molecule has 0 aliphatic heterocycles. The topological polar surface area (TPSA) is 84.2 Å². The van der Waals surface area contributed by atoms with Crippen molar-refractivity contribution < 1.29 is 14.0 Å². The van der Waals surface area contributed by atoms with E-state index in [-0.39, 0.29) is 11.7 Å². The van der Waals surface area contributed by atoms with Crippen molar-refractivity contribution in [1.29, 1.82) is 0 Å². The van der Waals surface area contributed by atoms with Crippen LogP contribution in [0.25, 0.3) is 16.3 Å². The molecule has 0 radical (unpaired) electrons. The van der Waals surface area contributed by atoms with Crippen LogP contribution in [0.2, 0.25) is 5.02 Å². The van der Waals surface area contributed by atoms with Crippen LogP contribution in [0.3, 0.4) is 0 Å². The molecule has 0 bridgehead atoms. The number of anilines is 2. The molecular weight excluding hydrogens is 410 g/mol. The highest BCUT2D eigenvalue weighted by Gasteiger charge is 2.13. The maximum Gasteiger partial charge on any atom is 0.291 e. The minimum absolute atomic E-state index is 0.151. The average Bonchev–Trinajstić information content (AvgIpc) is 3.38. The molecule has 0 aliphatic carbocycles. The third kappa shape index (κ3) is 4.53. The van der Waals surface area contributed by atoms with E-state index in [1.54, 1.807) is 36.4 Å². The number of nitrogens with one attached hydrogen (secondary N) is 2. The number of para-hydroxylation sites is 1. The van der Waals surface area contributed by atoms with Crippen LogP contribution < -0.4 is 10.6 Å². The van der Waals surface area contributed by atoms with E-state index in [1.165, 1.54) is 23.7 Å². The molecular formula is C21H14ClN3O3S. The number of thiazole rings is 1. The Labute approximate surface area is 174 Å². The zero-order valence-electron chi connectivity index (χ0n) is 14.9. The normalized spacial score (nSPS) is 11.1. The lowest BCUT2D eigenvalue weighted by Crippen LogP contribution is -2.15. The van der Waals surface area contributed by atoms with Gasteiger partial charge in [-0.1, -0.05) is 23.7 Å². The van der Waals surface area contributed by atoms with Crippen molar-refractivity contribution in [3.8, 4) is 0 Å². The summed E-state index contributed by atoms with van der Waals surface area (Å²) in [6.45, 7) is 0. The highest BCUT2D eigenvalue weighted by molar-refractivity contribution is 7.19. The second-order valence-corrected chi connectivity index (χ2v) is 7.46. The van der Waals surface area contributed by atoms with E-state index in [0.717, 1.165) is 15.2 Å². The maximum absolute atomic E-state index is 12.4. The van der Waals surface area contributed by atoms with Crippen LogP contribution in [0.1, 0.15) is 15.6 Å². The van der Waals surface area contributed by atoms with Gasteiger partial charge in [0, 0.05) is 11.1 Å². The lowest BCUT2D eigenvalue weighted by Gasteiger charge is -2.11. The van der Waals surface area contributed by atoms with Crippen LogP contribution >= 0.6 is 22.9 Å². The van der Waals surface area contributed by atoms with Crippen molar-refractivity contribution in [3.05, 3.63) is 82.7 Å². The fourth-order valence-electron chi connectivity index (χ4n) is 2.60. The van der Waals surface area contributed by atoms with E-state index in [2.05, 4.69) is 15.6 Å². The predicted molar refractivity (Wildman–Crippen MR) is 115 cm³/mol. The minimum Gasteiger partial charge on any atom is -0.459 e. The molecule has 0 fully saturated rings. The molecule has 2 amide bonds. The van der Waals surface area contributed by atoms with Crippen molar-refractivity contribution >= 4 is 62.4 Å². The first-order valence-electron chi connectivity index (χ1n) is 8.57. The first-order chi connectivity index (χ1) is 14.1. The third-order valence-corrected chi connectivity index (χ3v) is 5.16. The molecule has 4 rings (SSSR count). The van der Waals surface area contributed by atoms with Crippen molar-refractivity contribution in [2.45, 2.75) is 0 Å². The summed E-state index contributed by atoms with van der Waals surface area (Å²) in [5.41, 5.74) is 1.66. The summed E-state index contributed by atoms with van der Waals surface area (Å²) in [4.78, 5) is 29.1. The van der Waals surface area contributed by atoms with Gasteiger partial charge in [0.05, 0.1) is 27.9 Å². The van der Waals surface area contributed by atoms with E-state index in [0.29, 0.717) is 16.4 Å². The summed E-state index contributed by atoms with van der Waals surface area (Å²) in [7, 11) is 0. The van der Waals surface area contributed by atoms with E-state index in [1.807, 2.05) is 24.3 Å². The van der Waals surface area contributed by atoms with Crippen LogP contribution in [-0.4, -0.2) is 16.8 Å². The summed E-state index contributed by atoms with van der Waals surface area (Å²) < 4.78 is 6.13. The molecule has 6 nitrogen and oxygen atoms in total. The molecule has 0 saturated carbocycles. The fraction of sp³-hybridized carbons (Fsp3) is 0. The second kappa shape index (κ2) is 8.30. The Kier molecular flexibility index (Phi) is 5.41. The van der Waals surface area contributed by atoms with Gasteiger partial charge in [-0.3, -0.25) is 9.59 Å². The van der Waals surface area contributed by atoms with Gasteiger partial charge in [0.2, 0.25) is 5.91 Å². The molecule has 0 atom stereocenters. The molecule has 2 aromatic heterocycles. The summed E-state index contributed by atoms with van der Waals surface area (Å²) in [6.07, 6.45) is 4.45. The Morgan fingerprint density at radius 1 is 1.03 bits per heavy atom. The number of rotatable bonds is 5. The Balaban J connectivity index is 1.49. The monoisotopic (exact) mass is 423 g/mol. The van der Waals surface area contributed by atoms with Gasteiger partial charge in [-0.15, -0.1) is 11.3 Å². The molecule has 2 N–H and O–H groups in total. The van der Waals surface area contributed by atoms with E-state index in [9.17, 15) is 9.59 Å². The number of hydrogen-bond acceptors (Lipinski definition) is 5. The Morgan fingerprint density at radius 2 is 1.90 bits per heavy atom. The van der Waals surface area contributed by atoms with Crippen molar-refractivity contribution in [1.82, 2.24) is 4.98 Å². The Bertz CT molecular complexity index is 1180. The lowest BCUT2D eigenvalue weighted by molar-refractivity contribution is -0.111. The summed E-state index contributed by atoms with van der Waals surface area (Å²) in [5.74, 6) is -0.657. The van der Waals surface area contributed by atoms with Crippen molar-refractivity contribution in [2.24, 2.45) is 0 Å². The Morgan fingerprint density at radius 3 is 2.69 bits per heavy atom. The first kappa shape index (κ1) is 18.9. The van der Waals surface area contributed by atoms with Crippen LogP contribution in [0, 0.1) is 0 Å². The number of benzene rings is 2. The third-order valence-electron chi connectivity index (χ3n) is 3.92. The standard InChI is InChI=1S/C21H14ClN3O3S/c22-13-7-8-14(16(12-13)25-21(27)17-5-3-11-28-17)23-19(26)9-10-20-24-15-4-1-2-6-18(15)29-20/h1-12H,(H,23,26)(H,25,27)/b10-9+. The predicted octanol–water partition coefficient (Wildman–Crippen LogP) is 5.45. The number of nitrogens with zero attached hydrogens (tertiary/aromatic N) is 1.